The quantitative estimate of drug-likeness (QED) is 0.575. The average molecular weight is 487 g/mol. The molecule has 7 nitrogen and oxygen atoms in total. The maximum Gasteiger partial charge on any atom is 0.245 e. The van der Waals surface area contributed by atoms with Crippen molar-refractivity contribution in [3.8, 4) is 6.07 Å². The van der Waals surface area contributed by atoms with E-state index in [-0.39, 0.29) is 36.0 Å². The summed E-state index contributed by atoms with van der Waals surface area (Å²) in [7, 11) is 0. The van der Waals surface area contributed by atoms with Crippen molar-refractivity contribution in [1.82, 2.24) is 20.5 Å². The van der Waals surface area contributed by atoms with Crippen molar-refractivity contribution in [1.29, 1.82) is 5.26 Å². The largest absolute Gasteiger partial charge is 0.384 e. The van der Waals surface area contributed by atoms with E-state index in [1.807, 2.05) is 38.1 Å². The molecule has 0 saturated carbocycles. The first kappa shape index (κ1) is 24.0. The van der Waals surface area contributed by atoms with Gasteiger partial charge in [-0.25, -0.2) is 9.37 Å². The Morgan fingerprint density at radius 3 is 2.78 bits per heavy atom. The molecule has 0 bridgehead atoms. The number of piperidine rings is 1. The number of fused-ring (bicyclic) bond motifs is 1. The Morgan fingerprint density at radius 1 is 1.28 bits per heavy atom. The number of likely N-dealkylation sites (N-methyl/N-ethyl adjacent to an activating group) is 1. The summed E-state index contributed by atoms with van der Waals surface area (Å²) in [6.45, 7) is 5.88. The van der Waals surface area contributed by atoms with Gasteiger partial charge in [-0.05, 0) is 50.6 Å². The van der Waals surface area contributed by atoms with Gasteiger partial charge in [0.25, 0.3) is 0 Å². The molecule has 1 aliphatic carbocycles. The number of allylic oxidation sites excluding steroid dienone is 2. The van der Waals surface area contributed by atoms with Crippen LogP contribution in [0.3, 0.4) is 0 Å². The minimum absolute atomic E-state index is 0.00856. The maximum absolute atomic E-state index is 14.7. The summed E-state index contributed by atoms with van der Waals surface area (Å²) in [5.74, 6) is -0.353. The first-order valence-corrected chi connectivity index (χ1v) is 12.5. The third-order valence-electron chi connectivity index (χ3n) is 7.82. The number of aromatic nitrogens is 1. The highest BCUT2D eigenvalue weighted by atomic mass is 19.1. The normalized spacial score (nSPS) is 28.1. The molecule has 0 spiro atoms. The number of nitriles is 1. The molecule has 2 fully saturated rings. The molecular formula is C28H31FN6O. The second-order valence-electron chi connectivity index (χ2n) is 9.85. The lowest BCUT2D eigenvalue weighted by Crippen LogP contribution is -2.61. The van der Waals surface area contributed by atoms with Crippen molar-refractivity contribution in [3.05, 3.63) is 83.2 Å². The number of anilines is 1. The molecule has 1 aromatic carbocycles. The Bertz CT molecular complexity index is 1230. The Hall–Kier alpha value is -3.70. The number of pyridine rings is 1. The van der Waals surface area contributed by atoms with Crippen LogP contribution in [0.2, 0.25) is 0 Å². The molecule has 186 valence electrons. The van der Waals surface area contributed by atoms with Gasteiger partial charge in [-0.2, -0.15) is 5.26 Å². The van der Waals surface area contributed by atoms with Gasteiger partial charge in [-0.15, -0.1) is 0 Å². The number of carbonyl (C=O) groups excluding carboxylic acids is 1. The number of nitrogens with one attached hydrogen (secondary N) is 3. The highest BCUT2D eigenvalue weighted by Gasteiger charge is 2.56. The van der Waals surface area contributed by atoms with Crippen LogP contribution in [-0.4, -0.2) is 47.0 Å². The molecule has 4 atom stereocenters. The Morgan fingerprint density at radius 2 is 2.08 bits per heavy atom. The van der Waals surface area contributed by atoms with Crippen LogP contribution in [-0.2, 0) is 4.79 Å². The topological polar surface area (TPSA) is 93.1 Å². The van der Waals surface area contributed by atoms with E-state index in [1.165, 1.54) is 11.6 Å². The summed E-state index contributed by atoms with van der Waals surface area (Å²) in [5, 5.41) is 19.0. The number of rotatable bonds is 6. The minimum atomic E-state index is -0.869. The zero-order valence-corrected chi connectivity index (χ0v) is 20.6. The van der Waals surface area contributed by atoms with Gasteiger partial charge < -0.3 is 16.0 Å². The van der Waals surface area contributed by atoms with Crippen molar-refractivity contribution in [2.24, 2.45) is 5.92 Å². The summed E-state index contributed by atoms with van der Waals surface area (Å²) in [4.78, 5) is 19.9. The van der Waals surface area contributed by atoms with E-state index in [0.717, 1.165) is 24.4 Å². The molecule has 2 aliphatic heterocycles. The SMILES string of the molecule is CCNC1=C2NC(=O)C(C)(N3CC[C@H](c4ccccc4)[C@@H](Nc4ccc(C#N)nc4)C3)C2CC(F)=C1. The molecule has 5 rings (SSSR count). The van der Waals surface area contributed by atoms with Crippen LogP contribution >= 0.6 is 0 Å². The van der Waals surface area contributed by atoms with E-state index >= 15 is 0 Å². The predicted octanol–water partition coefficient (Wildman–Crippen LogP) is 3.81. The maximum atomic E-state index is 14.7. The number of benzene rings is 1. The van der Waals surface area contributed by atoms with Crippen LogP contribution in [0.5, 0.6) is 0 Å². The summed E-state index contributed by atoms with van der Waals surface area (Å²) in [5.41, 5.74) is 3.01. The van der Waals surface area contributed by atoms with Crippen LogP contribution in [0.25, 0.3) is 0 Å². The van der Waals surface area contributed by atoms with Crippen molar-refractivity contribution >= 4 is 11.6 Å². The van der Waals surface area contributed by atoms with Gasteiger partial charge in [-0.1, -0.05) is 30.3 Å². The first-order chi connectivity index (χ1) is 17.4. The Labute approximate surface area is 211 Å². The molecular weight excluding hydrogens is 455 g/mol. The second-order valence-corrected chi connectivity index (χ2v) is 9.85. The van der Waals surface area contributed by atoms with Gasteiger partial charge in [0.15, 0.2) is 0 Å². The predicted molar refractivity (Wildman–Crippen MR) is 136 cm³/mol. The monoisotopic (exact) mass is 486 g/mol. The minimum Gasteiger partial charge on any atom is -0.384 e. The summed E-state index contributed by atoms with van der Waals surface area (Å²) < 4.78 is 14.7. The van der Waals surface area contributed by atoms with Crippen LogP contribution in [0.1, 0.15) is 43.9 Å². The standard InChI is InChI=1S/C28H31FN6O/c1-3-31-24-14-19(29)13-23-26(24)34-27(36)28(23,2)35-12-11-22(18-7-5-4-6-8-18)25(17-35)33-21-10-9-20(15-30)32-16-21/h4-10,14,16,22-23,25,31,33H,3,11-13,17H2,1-2H3,(H,34,36)/t22-,23?,25+,28?/m1/s1. The van der Waals surface area contributed by atoms with Crippen LogP contribution in [0, 0.1) is 17.2 Å². The number of nitrogens with zero attached hydrogens (tertiary/aromatic N) is 3. The molecule has 3 N–H and O–H groups in total. The molecule has 8 heteroatoms. The van der Waals surface area contributed by atoms with Gasteiger partial charge in [0, 0.05) is 43.1 Å². The van der Waals surface area contributed by atoms with Crippen LogP contribution in [0.4, 0.5) is 10.1 Å². The smallest absolute Gasteiger partial charge is 0.245 e. The third kappa shape index (κ3) is 4.24. The van der Waals surface area contributed by atoms with Crippen molar-refractivity contribution in [3.63, 3.8) is 0 Å². The lowest BCUT2D eigenvalue weighted by molar-refractivity contribution is -0.131. The van der Waals surface area contributed by atoms with E-state index in [2.05, 4.69) is 44.0 Å². The molecule has 1 amide bonds. The number of halogens is 1. The number of hydrogen-bond acceptors (Lipinski definition) is 6. The van der Waals surface area contributed by atoms with E-state index < -0.39 is 5.54 Å². The molecule has 2 saturated heterocycles. The lowest BCUT2D eigenvalue weighted by atomic mass is 9.76. The van der Waals surface area contributed by atoms with Crippen LogP contribution in [0.15, 0.2) is 72.0 Å². The number of hydrogen-bond donors (Lipinski definition) is 3. The fraction of sp³-hybridized carbons (Fsp3) is 0.393. The van der Waals surface area contributed by atoms with Gasteiger partial charge in [0.1, 0.15) is 23.1 Å². The fourth-order valence-electron chi connectivity index (χ4n) is 5.90. The summed E-state index contributed by atoms with van der Waals surface area (Å²) >= 11 is 0. The van der Waals surface area contributed by atoms with Crippen molar-refractivity contribution in [2.75, 3.05) is 25.0 Å². The summed E-state index contributed by atoms with van der Waals surface area (Å²) in [6, 6.07) is 16.0. The van der Waals surface area contributed by atoms with Crippen molar-refractivity contribution in [2.45, 2.75) is 44.2 Å². The van der Waals surface area contributed by atoms with Gasteiger partial charge >= 0.3 is 0 Å². The van der Waals surface area contributed by atoms with Crippen LogP contribution < -0.4 is 16.0 Å². The molecule has 36 heavy (non-hydrogen) atoms. The molecule has 1 aromatic heterocycles. The Balaban J connectivity index is 1.46. The number of likely N-dealkylation sites (tertiary alicyclic amines) is 1. The molecule has 2 unspecified atom stereocenters. The first-order valence-electron chi connectivity index (χ1n) is 12.5. The number of amides is 1. The average Bonchev–Trinajstić information content (AvgIpc) is 3.16. The van der Waals surface area contributed by atoms with Gasteiger partial charge in [0.05, 0.1) is 17.6 Å². The van der Waals surface area contributed by atoms with E-state index in [0.29, 0.717) is 24.5 Å². The zero-order chi connectivity index (χ0) is 25.3. The van der Waals surface area contributed by atoms with Gasteiger partial charge in [-0.3, -0.25) is 9.69 Å². The van der Waals surface area contributed by atoms with Gasteiger partial charge in [0.2, 0.25) is 5.91 Å². The van der Waals surface area contributed by atoms with E-state index in [1.54, 1.807) is 12.3 Å². The summed E-state index contributed by atoms with van der Waals surface area (Å²) in [6.07, 6.45) is 4.23. The third-order valence-corrected chi connectivity index (χ3v) is 7.82. The Kier molecular flexibility index (Phi) is 6.50. The molecule has 0 radical (unpaired) electrons. The van der Waals surface area contributed by atoms with E-state index in [9.17, 15) is 9.18 Å². The molecule has 3 aliphatic rings. The van der Waals surface area contributed by atoms with Crippen molar-refractivity contribution < 1.29 is 9.18 Å². The highest BCUT2D eigenvalue weighted by Crippen LogP contribution is 2.45. The van der Waals surface area contributed by atoms with E-state index in [4.69, 9.17) is 5.26 Å². The second kappa shape index (κ2) is 9.75. The zero-order valence-electron chi connectivity index (χ0n) is 20.6. The lowest BCUT2D eigenvalue weighted by Gasteiger charge is -2.47. The molecule has 2 aromatic rings. The number of carbonyl (C=O) groups is 1. The highest BCUT2D eigenvalue weighted by molar-refractivity contribution is 5.92. The molecule has 3 heterocycles. The fourth-order valence-corrected chi connectivity index (χ4v) is 5.90.